The molecule has 0 saturated carbocycles. The van der Waals surface area contributed by atoms with Gasteiger partial charge in [-0.05, 0) is 66.4 Å². The Morgan fingerprint density at radius 1 is 1.24 bits per heavy atom. The molecular formula is C26H38N8O3. The lowest BCUT2D eigenvalue weighted by Gasteiger charge is -2.36. The van der Waals surface area contributed by atoms with Gasteiger partial charge in [0.1, 0.15) is 29.2 Å². The molecule has 1 amide bonds. The molecule has 1 atom stereocenters. The first-order valence-electron chi connectivity index (χ1n) is 12.6. The number of likely N-dealkylation sites (N-methyl/N-ethyl adjacent to an activating group) is 1. The number of nitrogens with zero attached hydrogens (tertiary/aromatic N) is 6. The number of benzene rings is 1. The molecule has 1 unspecified atom stereocenters. The number of ether oxygens (including phenoxy) is 2. The van der Waals surface area contributed by atoms with E-state index in [4.69, 9.17) is 20.3 Å². The van der Waals surface area contributed by atoms with Gasteiger partial charge in [0, 0.05) is 24.7 Å². The van der Waals surface area contributed by atoms with Crippen molar-refractivity contribution in [3.8, 4) is 17.0 Å². The van der Waals surface area contributed by atoms with Crippen molar-refractivity contribution in [3.63, 3.8) is 0 Å². The Bertz CT molecular complexity index is 1250. The number of nitrogens with one attached hydrogen (secondary N) is 1. The fourth-order valence-corrected chi connectivity index (χ4v) is 4.64. The maximum absolute atomic E-state index is 12.3. The highest BCUT2D eigenvalue weighted by Crippen LogP contribution is 2.35. The van der Waals surface area contributed by atoms with Gasteiger partial charge in [-0.15, -0.1) is 0 Å². The van der Waals surface area contributed by atoms with E-state index in [0.29, 0.717) is 46.6 Å². The summed E-state index contributed by atoms with van der Waals surface area (Å²) in [7, 11) is 5.83. The number of fused-ring (bicyclic) bond motifs is 1. The van der Waals surface area contributed by atoms with Crippen LogP contribution in [0.2, 0.25) is 0 Å². The standard InChI is InChI=1S/C26H38N8O3/c1-26(2,3)37-25(35)30-19-10-9-17(14-20(19)36-6)22-21-23(27)28-16-29-24(21)34(31-22)13-12-33-11-7-8-18(15-33)32(4)5/h9-10,14,16,18H,7-8,11-13,15H2,1-6H3,(H,30,35)(H2,27,28,29). The maximum atomic E-state index is 12.3. The van der Waals surface area contributed by atoms with Gasteiger partial charge >= 0.3 is 6.09 Å². The molecule has 0 spiro atoms. The number of hydrogen-bond acceptors (Lipinski definition) is 9. The van der Waals surface area contributed by atoms with Gasteiger partial charge in [-0.3, -0.25) is 10.2 Å². The highest BCUT2D eigenvalue weighted by Gasteiger charge is 2.23. The van der Waals surface area contributed by atoms with Crippen molar-refractivity contribution in [2.45, 2.75) is 51.8 Å². The zero-order chi connectivity index (χ0) is 26.7. The molecule has 0 radical (unpaired) electrons. The van der Waals surface area contributed by atoms with Crippen LogP contribution in [0.1, 0.15) is 33.6 Å². The first-order valence-corrected chi connectivity index (χ1v) is 12.6. The zero-order valence-electron chi connectivity index (χ0n) is 22.6. The quantitative estimate of drug-likeness (QED) is 0.492. The van der Waals surface area contributed by atoms with Crippen LogP contribution in [0.25, 0.3) is 22.3 Å². The van der Waals surface area contributed by atoms with E-state index >= 15 is 0 Å². The van der Waals surface area contributed by atoms with Crippen molar-refractivity contribution in [2.24, 2.45) is 0 Å². The molecule has 1 aliphatic heterocycles. The minimum absolute atomic E-state index is 0.367. The largest absolute Gasteiger partial charge is 0.495 e. The highest BCUT2D eigenvalue weighted by atomic mass is 16.6. The monoisotopic (exact) mass is 510 g/mol. The van der Waals surface area contributed by atoms with Crippen molar-refractivity contribution in [2.75, 3.05) is 51.9 Å². The van der Waals surface area contributed by atoms with Crippen molar-refractivity contribution < 1.29 is 14.3 Å². The lowest BCUT2D eigenvalue weighted by Crippen LogP contribution is -2.46. The minimum atomic E-state index is -0.609. The summed E-state index contributed by atoms with van der Waals surface area (Å²) in [6.07, 6.45) is 3.33. The third kappa shape index (κ3) is 6.28. The first kappa shape index (κ1) is 26.6. The molecule has 2 aromatic heterocycles. The number of anilines is 2. The lowest BCUT2D eigenvalue weighted by molar-refractivity contribution is 0.0635. The van der Waals surface area contributed by atoms with Gasteiger partial charge in [-0.2, -0.15) is 5.10 Å². The Labute approximate surface area is 217 Å². The van der Waals surface area contributed by atoms with E-state index in [1.165, 1.54) is 19.2 Å². The number of nitrogens with two attached hydrogens (primary N) is 1. The number of piperidine rings is 1. The van der Waals surface area contributed by atoms with Gasteiger partial charge in [-0.25, -0.2) is 19.4 Å². The molecular weight excluding hydrogens is 472 g/mol. The third-order valence-corrected chi connectivity index (χ3v) is 6.51. The summed E-state index contributed by atoms with van der Waals surface area (Å²) < 4.78 is 12.8. The summed E-state index contributed by atoms with van der Waals surface area (Å²) in [4.78, 5) is 25.8. The summed E-state index contributed by atoms with van der Waals surface area (Å²) in [5.74, 6) is 0.844. The van der Waals surface area contributed by atoms with Crippen LogP contribution in [0.4, 0.5) is 16.3 Å². The van der Waals surface area contributed by atoms with E-state index in [1.54, 1.807) is 13.2 Å². The average molecular weight is 511 g/mol. The molecule has 11 nitrogen and oxygen atoms in total. The molecule has 200 valence electrons. The summed E-state index contributed by atoms with van der Waals surface area (Å²) in [6, 6.07) is 6.01. The summed E-state index contributed by atoms with van der Waals surface area (Å²) in [6.45, 7) is 9.11. The van der Waals surface area contributed by atoms with Crippen LogP contribution in [0.3, 0.4) is 0 Å². The zero-order valence-corrected chi connectivity index (χ0v) is 22.6. The summed E-state index contributed by atoms with van der Waals surface area (Å²) in [5.41, 5.74) is 8.32. The maximum Gasteiger partial charge on any atom is 0.412 e. The number of rotatable bonds is 7. The summed E-state index contributed by atoms with van der Waals surface area (Å²) in [5, 5.41) is 8.35. The van der Waals surface area contributed by atoms with E-state index in [9.17, 15) is 4.79 Å². The number of carbonyl (C=O) groups is 1. The SMILES string of the molecule is COc1cc(-c2nn(CCN3CCCC(N(C)C)C3)c3ncnc(N)c23)ccc1NC(=O)OC(C)(C)C. The molecule has 3 aromatic rings. The van der Waals surface area contributed by atoms with E-state index in [-0.39, 0.29) is 0 Å². The van der Waals surface area contributed by atoms with Crippen LogP contribution in [0, 0.1) is 0 Å². The topological polar surface area (TPSA) is 124 Å². The van der Waals surface area contributed by atoms with Gasteiger partial charge in [0.15, 0.2) is 5.65 Å². The lowest BCUT2D eigenvalue weighted by atomic mass is 10.1. The molecule has 1 saturated heterocycles. The molecule has 11 heteroatoms. The van der Waals surface area contributed by atoms with Crippen LogP contribution < -0.4 is 15.8 Å². The Balaban J connectivity index is 1.60. The van der Waals surface area contributed by atoms with E-state index < -0.39 is 11.7 Å². The number of nitrogen functional groups attached to an aromatic ring is 1. The van der Waals surface area contributed by atoms with E-state index in [2.05, 4.69) is 39.2 Å². The minimum Gasteiger partial charge on any atom is -0.495 e. The Morgan fingerprint density at radius 3 is 2.73 bits per heavy atom. The first-order chi connectivity index (χ1) is 17.6. The van der Waals surface area contributed by atoms with Gasteiger partial charge < -0.3 is 20.1 Å². The van der Waals surface area contributed by atoms with Gasteiger partial charge in [0.25, 0.3) is 0 Å². The average Bonchev–Trinajstić information content (AvgIpc) is 3.22. The second kappa shape index (κ2) is 10.9. The fraction of sp³-hybridized carbons (Fsp3) is 0.538. The number of hydrogen-bond donors (Lipinski definition) is 2. The van der Waals surface area contributed by atoms with Gasteiger partial charge in [0.05, 0.1) is 24.7 Å². The fourth-order valence-electron chi connectivity index (χ4n) is 4.64. The molecule has 0 bridgehead atoms. The highest BCUT2D eigenvalue weighted by molar-refractivity contribution is 5.99. The number of aromatic nitrogens is 4. The number of carbonyl (C=O) groups excluding carboxylic acids is 1. The molecule has 1 aliphatic rings. The number of likely N-dealkylation sites (tertiary alicyclic amines) is 1. The molecule has 0 aliphatic carbocycles. The Kier molecular flexibility index (Phi) is 7.84. The van der Waals surface area contributed by atoms with E-state index in [0.717, 1.165) is 25.2 Å². The second-order valence-electron chi connectivity index (χ2n) is 10.6. The van der Waals surface area contributed by atoms with Crippen molar-refractivity contribution in [1.82, 2.24) is 29.5 Å². The normalized spacial score (nSPS) is 16.8. The van der Waals surface area contributed by atoms with Gasteiger partial charge in [0.2, 0.25) is 0 Å². The number of methoxy groups -OCH3 is 1. The molecule has 1 fully saturated rings. The second-order valence-corrected chi connectivity index (χ2v) is 10.6. The van der Waals surface area contributed by atoms with Crippen LogP contribution in [0.5, 0.6) is 5.75 Å². The van der Waals surface area contributed by atoms with Crippen LogP contribution in [-0.2, 0) is 11.3 Å². The Morgan fingerprint density at radius 2 is 2.03 bits per heavy atom. The smallest absolute Gasteiger partial charge is 0.412 e. The van der Waals surface area contributed by atoms with Crippen LogP contribution >= 0.6 is 0 Å². The van der Waals surface area contributed by atoms with Crippen molar-refractivity contribution in [3.05, 3.63) is 24.5 Å². The molecule has 37 heavy (non-hydrogen) atoms. The van der Waals surface area contributed by atoms with Crippen LogP contribution in [-0.4, -0.2) is 88.1 Å². The van der Waals surface area contributed by atoms with Crippen LogP contribution in [0.15, 0.2) is 24.5 Å². The predicted molar refractivity (Wildman–Crippen MR) is 145 cm³/mol. The molecule has 3 N–H and O–H groups in total. The third-order valence-electron chi connectivity index (χ3n) is 6.51. The molecule has 1 aromatic carbocycles. The van der Waals surface area contributed by atoms with E-state index in [1.807, 2.05) is 37.6 Å². The molecule has 4 rings (SSSR count). The summed E-state index contributed by atoms with van der Waals surface area (Å²) >= 11 is 0. The number of amides is 1. The Hall–Kier alpha value is -3.44. The van der Waals surface area contributed by atoms with Crippen molar-refractivity contribution >= 4 is 28.6 Å². The predicted octanol–water partition coefficient (Wildman–Crippen LogP) is 3.46. The van der Waals surface area contributed by atoms with Gasteiger partial charge in [-0.1, -0.05) is 6.07 Å². The molecule has 3 heterocycles. The van der Waals surface area contributed by atoms with Crippen molar-refractivity contribution in [1.29, 1.82) is 0 Å².